The van der Waals surface area contributed by atoms with Crippen LogP contribution in [0.1, 0.15) is 0 Å². The summed E-state index contributed by atoms with van der Waals surface area (Å²) in [4.78, 5) is 5.98. The number of anilines is 2. The molecular weight excluding hydrogens is 192 g/mol. The van der Waals surface area contributed by atoms with Crippen LogP contribution in [-0.4, -0.2) is 30.8 Å². The molecule has 1 aromatic heterocycles. The smallest absolute Gasteiger partial charge is 0.161 e. The van der Waals surface area contributed by atoms with Gasteiger partial charge in [0.25, 0.3) is 0 Å². The molecule has 78 valence electrons. The van der Waals surface area contributed by atoms with E-state index in [9.17, 15) is 0 Å². The lowest BCUT2D eigenvalue weighted by Crippen LogP contribution is -2.42. The van der Waals surface area contributed by atoms with Crippen molar-refractivity contribution >= 4 is 11.4 Å². The van der Waals surface area contributed by atoms with E-state index in [1.54, 1.807) is 12.4 Å². The van der Waals surface area contributed by atoms with Gasteiger partial charge in [-0.2, -0.15) is 5.26 Å². The zero-order valence-electron chi connectivity index (χ0n) is 8.26. The van der Waals surface area contributed by atoms with Gasteiger partial charge in [0.05, 0.1) is 36.8 Å². The van der Waals surface area contributed by atoms with Gasteiger partial charge in [-0.25, -0.2) is 0 Å². The van der Waals surface area contributed by atoms with Crippen LogP contribution in [0.2, 0.25) is 0 Å². The summed E-state index contributed by atoms with van der Waals surface area (Å²) in [5, 5.41) is 8.78. The summed E-state index contributed by atoms with van der Waals surface area (Å²) in [5.41, 5.74) is 7.37. The van der Waals surface area contributed by atoms with Crippen LogP contribution in [0.5, 0.6) is 0 Å². The summed E-state index contributed by atoms with van der Waals surface area (Å²) in [7, 11) is 0. The number of rotatable bonds is 1. The van der Waals surface area contributed by atoms with Gasteiger partial charge in [-0.15, -0.1) is 0 Å². The fraction of sp³-hybridized carbons (Fsp3) is 0.400. The van der Waals surface area contributed by atoms with Crippen molar-refractivity contribution < 1.29 is 4.74 Å². The summed E-state index contributed by atoms with van der Waals surface area (Å²) in [6.45, 7) is 1.87. The van der Waals surface area contributed by atoms with E-state index in [2.05, 4.69) is 16.0 Å². The number of morpholine rings is 1. The van der Waals surface area contributed by atoms with Crippen molar-refractivity contribution in [3.8, 4) is 6.07 Å². The molecule has 15 heavy (non-hydrogen) atoms. The molecule has 1 saturated heterocycles. The lowest BCUT2D eigenvalue weighted by molar-refractivity contribution is 0.0765. The van der Waals surface area contributed by atoms with Gasteiger partial charge in [0.2, 0.25) is 0 Å². The van der Waals surface area contributed by atoms with Gasteiger partial charge in [0.1, 0.15) is 0 Å². The molecule has 5 heteroatoms. The number of nitriles is 1. The largest absolute Gasteiger partial charge is 0.396 e. The van der Waals surface area contributed by atoms with Crippen LogP contribution in [-0.2, 0) is 4.74 Å². The molecule has 1 aliphatic rings. The highest BCUT2D eigenvalue weighted by Gasteiger charge is 2.21. The topological polar surface area (TPSA) is 75.2 Å². The summed E-state index contributed by atoms with van der Waals surface area (Å²) in [6.07, 6.45) is 2.95. The second-order valence-corrected chi connectivity index (χ2v) is 3.37. The SMILES string of the molecule is N#CC1CN(c2ccncc2N)CCO1. The maximum Gasteiger partial charge on any atom is 0.161 e. The first-order valence-electron chi connectivity index (χ1n) is 4.77. The first-order chi connectivity index (χ1) is 7.31. The second kappa shape index (κ2) is 4.15. The molecule has 0 radical (unpaired) electrons. The van der Waals surface area contributed by atoms with Crippen molar-refractivity contribution in [2.45, 2.75) is 6.10 Å². The average Bonchev–Trinajstić information content (AvgIpc) is 2.30. The van der Waals surface area contributed by atoms with E-state index in [4.69, 9.17) is 15.7 Å². The number of nitrogens with two attached hydrogens (primary N) is 1. The minimum absolute atomic E-state index is 0.369. The quantitative estimate of drug-likeness (QED) is 0.716. The Bertz CT molecular complexity index is 387. The molecule has 1 atom stereocenters. The van der Waals surface area contributed by atoms with E-state index in [0.717, 1.165) is 12.2 Å². The minimum atomic E-state index is -0.369. The molecule has 0 aliphatic carbocycles. The Labute approximate surface area is 88.1 Å². The number of ether oxygens (including phenoxy) is 1. The standard InChI is InChI=1S/C10H12N4O/c11-5-8-7-14(3-4-15-8)10-1-2-13-6-9(10)12/h1-2,6,8H,3-4,7,12H2. The zero-order chi connectivity index (χ0) is 10.7. The van der Waals surface area contributed by atoms with Crippen molar-refractivity contribution in [1.29, 1.82) is 5.26 Å². The van der Waals surface area contributed by atoms with Crippen LogP contribution >= 0.6 is 0 Å². The molecule has 0 spiro atoms. The molecule has 1 aromatic rings. The molecule has 5 nitrogen and oxygen atoms in total. The molecule has 1 fully saturated rings. The van der Waals surface area contributed by atoms with Crippen molar-refractivity contribution in [3.63, 3.8) is 0 Å². The van der Waals surface area contributed by atoms with Gasteiger partial charge < -0.3 is 15.4 Å². The van der Waals surface area contributed by atoms with Crippen LogP contribution < -0.4 is 10.6 Å². The molecule has 0 saturated carbocycles. The lowest BCUT2D eigenvalue weighted by atomic mass is 10.2. The van der Waals surface area contributed by atoms with Crippen LogP contribution in [0.15, 0.2) is 18.5 Å². The number of hydrogen-bond acceptors (Lipinski definition) is 5. The average molecular weight is 204 g/mol. The van der Waals surface area contributed by atoms with Crippen molar-refractivity contribution in [1.82, 2.24) is 4.98 Å². The summed E-state index contributed by atoms with van der Waals surface area (Å²) in [5.74, 6) is 0. The number of nitrogens with zero attached hydrogens (tertiary/aromatic N) is 3. The highest BCUT2D eigenvalue weighted by atomic mass is 16.5. The highest BCUT2D eigenvalue weighted by molar-refractivity contribution is 5.66. The van der Waals surface area contributed by atoms with Gasteiger partial charge in [-0.3, -0.25) is 4.98 Å². The minimum Gasteiger partial charge on any atom is -0.396 e. The maximum absolute atomic E-state index is 8.78. The third-order valence-corrected chi connectivity index (χ3v) is 2.38. The van der Waals surface area contributed by atoms with Gasteiger partial charge in [0.15, 0.2) is 6.10 Å². The predicted octanol–water partition coefficient (Wildman–Crippen LogP) is 0.393. The molecule has 0 bridgehead atoms. The Hall–Kier alpha value is -1.80. The van der Waals surface area contributed by atoms with E-state index < -0.39 is 0 Å². The predicted molar refractivity (Wildman–Crippen MR) is 56.2 cm³/mol. The molecule has 0 amide bonds. The van der Waals surface area contributed by atoms with Gasteiger partial charge in [-0.1, -0.05) is 0 Å². The summed E-state index contributed by atoms with van der Waals surface area (Å²) >= 11 is 0. The molecule has 2 heterocycles. The lowest BCUT2D eigenvalue weighted by Gasteiger charge is -2.32. The van der Waals surface area contributed by atoms with Crippen molar-refractivity contribution in [2.75, 3.05) is 30.3 Å². The van der Waals surface area contributed by atoms with Crippen LogP contribution in [0.4, 0.5) is 11.4 Å². The molecule has 0 aromatic carbocycles. The van der Waals surface area contributed by atoms with Crippen molar-refractivity contribution in [3.05, 3.63) is 18.5 Å². The zero-order valence-corrected chi connectivity index (χ0v) is 8.26. The normalized spacial score (nSPS) is 21.0. The first kappa shape index (κ1) is 9.74. The second-order valence-electron chi connectivity index (χ2n) is 3.37. The fourth-order valence-corrected chi connectivity index (χ4v) is 1.63. The van der Waals surface area contributed by atoms with E-state index in [1.165, 1.54) is 0 Å². The Morgan fingerprint density at radius 1 is 1.67 bits per heavy atom. The van der Waals surface area contributed by atoms with Crippen LogP contribution in [0, 0.1) is 11.3 Å². The summed E-state index contributed by atoms with van der Waals surface area (Å²) in [6, 6.07) is 3.96. The van der Waals surface area contributed by atoms with E-state index >= 15 is 0 Å². The molecule has 2 N–H and O–H groups in total. The Morgan fingerprint density at radius 3 is 3.27 bits per heavy atom. The van der Waals surface area contributed by atoms with E-state index in [1.807, 2.05) is 6.07 Å². The fourth-order valence-electron chi connectivity index (χ4n) is 1.63. The van der Waals surface area contributed by atoms with Gasteiger partial charge in [0, 0.05) is 12.7 Å². The van der Waals surface area contributed by atoms with Crippen molar-refractivity contribution in [2.24, 2.45) is 0 Å². The Balaban J connectivity index is 2.18. The summed E-state index contributed by atoms with van der Waals surface area (Å²) < 4.78 is 5.26. The number of nitrogen functional groups attached to an aromatic ring is 1. The Kier molecular flexibility index (Phi) is 2.70. The van der Waals surface area contributed by atoms with Gasteiger partial charge >= 0.3 is 0 Å². The molecule has 2 rings (SSSR count). The number of aromatic nitrogens is 1. The van der Waals surface area contributed by atoms with Gasteiger partial charge in [-0.05, 0) is 6.07 Å². The molecular formula is C10H12N4O. The third kappa shape index (κ3) is 2.00. The first-order valence-corrected chi connectivity index (χ1v) is 4.77. The third-order valence-electron chi connectivity index (χ3n) is 2.38. The van der Waals surface area contributed by atoms with E-state index in [-0.39, 0.29) is 6.10 Å². The Morgan fingerprint density at radius 2 is 2.53 bits per heavy atom. The van der Waals surface area contributed by atoms with Crippen LogP contribution in [0.25, 0.3) is 0 Å². The van der Waals surface area contributed by atoms with Crippen LogP contribution in [0.3, 0.4) is 0 Å². The highest BCUT2D eigenvalue weighted by Crippen LogP contribution is 2.23. The monoisotopic (exact) mass is 204 g/mol. The number of hydrogen-bond donors (Lipinski definition) is 1. The number of pyridine rings is 1. The maximum atomic E-state index is 8.78. The molecule has 1 unspecified atom stereocenters. The molecule has 1 aliphatic heterocycles. The van der Waals surface area contributed by atoms with E-state index in [0.29, 0.717) is 18.8 Å².